The second kappa shape index (κ2) is 20.5. The molecule has 3 aromatic rings. The van der Waals surface area contributed by atoms with Gasteiger partial charge in [-0.25, -0.2) is 24.0 Å². The van der Waals surface area contributed by atoms with E-state index in [1.807, 2.05) is 0 Å². The molecule has 66 heavy (non-hydrogen) atoms. The fraction of sp³-hybridized carbons (Fsp3) is 0.364. The van der Waals surface area contributed by atoms with Gasteiger partial charge in [-0.3, -0.25) is 0 Å². The summed E-state index contributed by atoms with van der Waals surface area (Å²) in [5.74, 6) is -7.89. The summed E-state index contributed by atoms with van der Waals surface area (Å²) in [5.41, 5.74) is 2.12. The summed E-state index contributed by atoms with van der Waals surface area (Å²) in [6.45, 7) is 0.783. The van der Waals surface area contributed by atoms with Gasteiger partial charge in [0.15, 0.2) is 0 Å². The smallest absolute Gasteiger partial charge is 0.542 e. The predicted octanol–water partition coefficient (Wildman–Crippen LogP) is -11.0. The third-order valence-corrected chi connectivity index (χ3v) is 9.48. The maximum atomic E-state index is 13.2. The Morgan fingerprint density at radius 2 is 1.27 bits per heavy atom. The van der Waals surface area contributed by atoms with Crippen molar-refractivity contribution in [2.75, 3.05) is 39.3 Å². The van der Waals surface area contributed by atoms with Crippen molar-refractivity contribution in [1.29, 1.82) is 0 Å². The number of halogens is 6. The molecule has 3 saturated heterocycles. The van der Waals surface area contributed by atoms with E-state index in [1.165, 1.54) is 62.7 Å². The van der Waals surface area contributed by atoms with E-state index in [2.05, 4.69) is 34.3 Å². The Labute approximate surface area is 400 Å². The minimum Gasteiger partial charge on any atom is -0.542 e. The predicted molar refractivity (Wildman–Crippen MR) is 176 cm³/mol. The third kappa shape index (κ3) is 10.8. The first-order valence-electron chi connectivity index (χ1n) is 17.7. The number of hydrogen-bond acceptors (Lipinski definition) is 17. The number of nitrogens with zero attached hydrogens (tertiary/aromatic N) is 10. The van der Waals surface area contributed by atoms with Crippen molar-refractivity contribution < 1.29 is 150 Å². The van der Waals surface area contributed by atoms with E-state index in [1.54, 1.807) is 18.3 Å². The molecule has 3 unspecified atom stereocenters. The SMILES string of the molecule is O=C1N2CC(c3ncco3)=CC(C2)N1OC(F)(F)C(=O)[O-].O=C1N2CC(n3cccn3)=CC(C2)N1OC(F)(F)C(=O)[O-].O=C1N2CC=C(c3cnoc3)C(C2)N1OC(F)(F)C(=O)[O-].[Li+].[Li+].[Li+]. The van der Waals surface area contributed by atoms with Crippen LogP contribution in [0.1, 0.15) is 11.5 Å². The van der Waals surface area contributed by atoms with Crippen molar-refractivity contribution in [3.63, 3.8) is 0 Å². The monoisotopic (exact) mass is 920 g/mol. The Morgan fingerprint density at radius 1 is 0.727 bits per heavy atom. The Morgan fingerprint density at radius 3 is 1.77 bits per heavy atom. The fourth-order valence-corrected chi connectivity index (χ4v) is 6.70. The fourth-order valence-electron chi connectivity index (χ4n) is 6.70. The standard InChI is InChI=1S/C11H10F2N4O4.2C11H9F2N3O5.3Li/c12-11(13,9(18)19)21-17-8-4-7(16-3-1-2-14-16)5-15(6-8)10(17)20;12-11(13,9(17)18)21-16-8-4-15(10(16)19)2-1-7(8)6-3-14-20-5-6;12-11(13,9(17)18)21-16-7-3-6(8-14-1-2-20-8)4-15(5-7)10(16)19;;;/h1-4,8H,5-6H2,(H,18,19);1,3,5,8H,2,4H2,(H,17,18);1-3,7H,4-5H2,(H,17,18);;;/q;;;3*+1/p-3. The van der Waals surface area contributed by atoms with Crippen LogP contribution in [-0.4, -0.2) is 162 Å². The van der Waals surface area contributed by atoms with Crippen molar-refractivity contribution in [2.45, 2.75) is 36.5 Å². The number of fused-ring (bicyclic) bond motifs is 6. The van der Waals surface area contributed by atoms with Crippen molar-refractivity contribution in [3.8, 4) is 0 Å². The zero-order valence-corrected chi connectivity index (χ0v) is 34.2. The van der Waals surface area contributed by atoms with Crippen LogP contribution in [0.15, 0.2) is 70.5 Å². The van der Waals surface area contributed by atoms with E-state index in [9.17, 15) is 70.4 Å². The van der Waals surface area contributed by atoms with E-state index in [0.29, 0.717) is 37.6 Å². The summed E-state index contributed by atoms with van der Waals surface area (Å²) in [7, 11) is 0. The van der Waals surface area contributed by atoms with Crippen LogP contribution in [0.3, 0.4) is 0 Å². The number of hydroxylamine groups is 6. The molecular weight excluding hydrogens is 895 g/mol. The first-order chi connectivity index (χ1) is 29.7. The zero-order chi connectivity index (χ0) is 45.6. The molecular formula is C33H25F6Li3N10O14. The summed E-state index contributed by atoms with van der Waals surface area (Å²) in [6.07, 6.45) is -0.565. The largest absolute Gasteiger partial charge is 1.00 e. The number of hydrogen-bond donors (Lipinski definition) is 0. The molecule has 6 bridgehead atoms. The molecule has 0 aromatic carbocycles. The number of carboxylic acids is 3. The Bertz CT molecular complexity index is 2270. The molecule has 6 amide bonds. The molecule has 3 fully saturated rings. The minimum absolute atomic E-state index is 0. The van der Waals surface area contributed by atoms with Gasteiger partial charge in [-0.2, -0.15) is 61.1 Å². The second-order valence-electron chi connectivity index (χ2n) is 13.5. The van der Waals surface area contributed by atoms with Gasteiger partial charge in [-0.05, 0) is 23.8 Å². The van der Waals surface area contributed by atoms with Gasteiger partial charge in [0.1, 0.15) is 36.5 Å². The van der Waals surface area contributed by atoms with Gasteiger partial charge in [-0.15, -0.1) is 0 Å². The summed E-state index contributed by atoms with van der Waals surface area (Å²) >= 11 is 0. The normalized spacial score (nSPS) is 20.7. The average molecular weight is 920 g/mol. The molecule has 24 nitrogen and oxygen atoms in total. The number of urea groups is 3. The number of carbonyl (C=O) groups is 6. The molecule has 33 heteroatoms. The number of amides is 6. The van der Waals surface area contributed by atoms with Crippen molar-refractivity contribution in [1.82, 2.24) is 49.8 Å². The van der Waals surface area contributed by atoms with Gasteiger partial charge in [0.05, 0.1) is 49.8 Å². The summed E-state index contributed by atoms with van der Waals surface area (Å²) in [6, 6.07) is -3.43. The number of oxazole rings is 1. The molecule has 9 rings (SSSR count). The first kappa shape index (κ1) is 52.9. The van der Waals surface area contributed by atoms with Gasteiger partial charge >= 0.3 is 93.0 Å². The zero-order valence-electron chi connectivity index (χ0n) is 34.2. The van der Waals surface area contributed by atoms with Gasteiger partial charge < -0.3 is 53.3 Å². The molecule has 6 aliphatic heterocycles. The molecule has 0 aliphatic carbocycles. The van der Waals surface area contributed by atoms with Crippen LogP contribution in [0.25, 0.3) is 16.8 Å². The Hall–Kier alpha value is -5.68. The van der Waals surface area contributed by atoms with Crippen LogP contribution in [0, 0.1) is 0 Å². The molecule has 3 atom stereocenters. The Balaban J connectivity index is 0.000000212. The van der Waals surface area contributed by atoms with Gasteiger partial charge in [0.25, 0.3) is 0 Å². The molecule has 0 radical (unpaired) electrons. The van der Waals surface area contributed by atoms with Gasteiger partial charge in [0, 0.05) is 43.2 Å². The van der Waals surface area contributed by atoms with Gasteiger partial charge in [-0.1, -0.05) is 11.2 Å². The maximum Gasteiger partial charge on any atom is 1.00 e. The van der Waals surface area contributed by atoms with E-state index < -0.39 is 72.5 Å². The number of aliphatic carboxylic acids is 3. The van der Waals surface area contributed by atoms with Crippen LogP contribution in [-0.2, 0) is 28.9 Å². The van der Waals surface area contributed by atoms with E-state index in [4.69, 9.17) is 4.42 Å². The van der Waals surface area contributed by atoms with E-state index in [-0.39, 0.29) is 102 Å². The number of alkyl halides is 6. The topological polar surface area (TPSA) is 289 Å². The van der Waals surface area contributed by atoms with Crippen molar-refractivity contribution in [2.24, 2.45) is 0 Å². The Kier molecular flexibility index (Phi) is 16.4. The van der Waals surface area contributed by atoms with Crippen molar-refractivity contribution >= 4 is 52.8 Å². The van der Waals surface area contributed by atoms with Gasteiger partial charge in [0.2, 0.25) is 5.89 Å². The summed E-state index contributed by atoms with van der Waals surface area (Å²) < 4.78 is 89.8. The second-order valence-corrected chi connectivity index (χ2v) is 13.5. The number of carbonyl (C=O) groups excluding carboxylic acids is 6. The maximum absolute atomic E-state index is 13.2. The van der Waals surface area contributed by atoms with Crippen LogP contribution in [0.4, 0.5) is 40.7 Å². The van der Waals surface area contributed by atoms with Crippen LogP contribution < -0.4 is 71.9 Å². The summed E-state index contributed by atoms with van der Waals surface area (Å²) in [4.78, 5) is 86.4. The molecule has 6 aliphatic rings. The molecule has 0 N–H and O–H groups in total. The first-order valence-corrected chi connectivity index (χ1v) is 17.7. The molecule has 9 heterocycles. The summed E-state index contributed by atoms with van der Waals surface area (Å²) in [5, 5.41) is 39.4. The van der Waals surface area contributed by atoms with Crippen molar-refractivity contribution in [3.05, 3.63) is 73.1 Å². The number of rotatable bonds is 12. The van der Waals surface area contributed by atoms with E-state index in [0.717, 1.165) is 0 Å². The minimum atomic E-state index is -4.60. The third-order valence-electron chi connectivity index (χ3n) is 9.48. The molecule has 0 spiro atoms. The number of aromatic nitrogens is 4. The van der Waals surface area contributed by atoms with E-state index >= 15 is 0 Å². The average Bonchev–Trinajstić information content (AvgIpc) is 4.12. The molecule has 3 aromatic heterocycles. The molecule has 336 valence electrons. The number of carboxylic acid groups (broad SMARTS) is 3. The van der Waals surface area contributed by atoms with Crippen LogP contribution >= 0.6 is 0 Å². The molecule has 0 saturated carbocycles. The quantitative estimate of drug-likeness (QED) is 0.120. The van der Waals surface area contributed by atoms with Crippen LogP contribution in [0.2, 0.25) is 0 Å². The van der Waals surface area contributed by atoms with Crippen LogP contribution in [0.5, 0.6) is 0 Å².